The van der Waals surface area contributed by atoms with E-state index in [1.54, 1.807) is 36.2 Å². The normalized spacial score (nSPS) is 15.0. The Labute approximate surface area is 180 Å². The van der Waals surface area contributed by atoms with Gasteiger partial charge in [0, 0.05) is 25.7 Å². The highest BCUT2D eigenvalue weighted by molar-refractivity contribution is 5.79. The highest BCUT2D eigenvalue weighted by atomic mass is 16.5. The summed E-state index contributed by atoms with van der Waals surface area (Å²) in [7, 11) is 1.61. The van der Waals surface area contributed by atoms with Gasteiger partial charge in [-0.05, 0) is 49.9 Å². The van der Waals surface area contributed by atoms with E-state index in [-0.39, 0.29) is 5.56 Å². The Morgan fingerprint density at radius 2 is 1.77 bits per heavy atom. The van der Waals surface area contributed by atoms with Crippen LogP contribution < -0.4 is 15.2 Å². The molecule has 1 fully saturated rings. The quantitative estimate of drug-likeness (QED) is 0.507. The summed E-state index contributed by atoms with van der Waals surface area (Å²) in [6, 6.07) is 13.4. The molecule has 1 aliphatic heterocycles. The molecule has 2 aromatic carbocycles. The third kappa shape index (κ3) is 3.71. The predicted octanol–water partition coefficient (Wildman–Crippen LogP) is 3.57. The number of nitrogens with zero attached hydrogens (tertiary/aromatic N) is 5. The van der Waals surface area contributed by atoms with Crippen LogP contribution in [0.4, 0.5) is 5.82 Å². The van der Waals surface area contributed by atoms with Gasteiger partial charge in [-0.2, -0.15) is 0 Å². The fraction of sp³-hybridized carbons (Fsp3) is 0.333. The topological polar surface area (TPSA) is 73.1 Å². The van der Waals surface area contributed by atoms with E-state index in [4.69, 9.17) is 14.7 Å². The fourth-order valence-electron chi connectivity index (χ4n) is 4.38. The van der Waals surface area contributed by atoms with Crippen LogP contribution >= 0.6 is 0 Å². The van der Waals surface area contributed by atoms with Crippen LogP contribution in [0.5, 0.6) is 5.75 Å². The van der Waals surface area contributed by atoms with Crippen LogP contribution in [0, 0.1) is 12.8 Å². The number of benzene rings is 2. The van der Waals surface area contributed by atoms with E-state index < -0.39 is 0 Å². The van der Waals surface area contributed by atoms with Gasteiger partial charge in [0.15, 0.2) is 5.82 Å². The van der Waals surface area contributed by atoms with Crippen molar-refractivity contribution in [3.63, 3.8) is 0 Å². The lowest BCUT2D eigenvalue weighted by Crippen LogP contribution is -2.37. The summed E-state index contributed by atoms with van der Waals surface area (Å²) in [6.45, 7) is 4.52. The molecule has 0 spiro atoms. The maximum atomic E-state index is 12.9. The van der Waals surface area contributed by atoms with E-state index in [0.29, 0.717) is 29.1 Å². The van der Waals surface area contributed by atoms with Crippen molar-refractivity contribution in [2.75, 3.05) is 25.1 Å². The van der Waals surface area contributed by atoms with Crippen LogP contribution in [0.15, 0.2) is 53.6 Å². The lowest BCUT2D eigenvalue weighted by Gasteiger charge is -2.33. The Morgan fingerprint density at radius 3 is 2.52 bits per heavy atom. The highest BCUT2D eigenvalue weighted by Crippen LogP contribution is 2.26. The summed E-state index contributed by atoms with van der Waals surface area (Å²) in [5, 5.41) is 0.628. The van der Waals surface area contributed by atoms with Crippen LogP contribution in [0.3, 0.4) is 0 Å². The zero-order chi connectivity index (χ0) is 21.4. The van der Waals surface area contributed by atoms with Crippen molar-refractivity contribution in [1.29, 1.82) is 0 Å². The summed E-state index contributed by atoms with van der Waals surface area (Å²) in [5.41, 5.74) is 3.49. The van der Waals surface area contributed by atoms with Gasteiger partial charge in [0.05, 0.1) is 41.1 Å². The zero-order valence-corrected chi connectivity index (χ0v) is 17.8. The zero-order valence-electron chi connectivity index (χ0n) is 17.8. The molecule has 2 aromatic heterocycles. The van der Waals surface area contributed by atoms with Crippen molar-refractivity contribution < 1.29 is 4.74 Å². The second-order valence-electron chi connectivity index (χ2n) is 8.14. The average Bonchev–Trinajstić information content (AvgIpc) is 2.81. The van der Waals surface area contributed by atoms with E-state index in [2.05, 4.69) is 9.88 Å². The molecule has 3 heterocycles. The van der Waals surface area contributed by atoms with Crippen molar-refractivity contribution in [1.82, 2.24) is 19.5 Å². The van der Waals surface area contributed by atoms with Crippen molar-refractivity contribution in [2.24, 2.45) is 5.92 Å². The predicted molar refractivity (Wildman–Crippen MR) is 122 cm³/mol. The number of hydrogen-bond donors (Lipinski definition) is 0. The van der Waals surface area contributed by atoms with Gasteiger partial charge in [-0.15, -0.1) is 0 Å². The number of rotatable bonds is 4. The number of aryl methyl sites for hydroxylation is 1. The fourth-order valence-corrected chi connectivity index (χ4v) is 4.38. The minimum atomic E-state index is 0.00585. The first-order chi connectivity index (χ1) is 15.1. The summed E-state index contributed by atoms with van der Waals surface area (Å²) >= 11 is 0. The number of ether oxygens (including phenoxy) is 1. The van der Waals surface area contributed by atoms with Gasteiger partial charge in [0.2, 0.25) is 0 Å². The first kappa shape index (κ1) is 19.5. The molecule has 0 radical (unpaired) electrons. The average molecular weight is 415 g/mol. The van der Waals surface area contributed by atoms with Crippen molar-refractivity contribution in [3.8, 4) is 5.75 Å². The summed E-state index contributed by atoms with van der Waals surface area (Å²) in [6.07, 6.45) is 3.66. The van der Waals surface area contributed by atoms with Gasteiger partial charge < -0.3 is 9.64 Å². The van der Waals surface area contributed by atoms with Gasteiger partial charge in [-0.3, -0.25) is 9.36 Å². The molecule has 158 valence electrons. The molecule has 4 aromatic rings. The molecule has 7 nitrogen and oxygen atoms in total. The minimum Gasteiger partial charge on any atom is -0.497 e. The van der Waals surface area contributed by atoms with Crippen LogP contribution in [0.25, 0.3) is 21.9 Å². The Balaban J connectivity index is 1.31. The van der Waals surface area contributed by atoms with E-state index in [0.717, 1.165) is 48.5 Å². The van der Waals surface area contributed by atoms with Gasteiger partial charge >= 0.3 is 0 Å². The summed E-state index contributed by atoms with van der Waals surface area (Å²) in [5.74, 6) is 2.10. The standard InChI is InChI=1S/C24H25N5O2/c1-16-23(27-21-6-4-3-5-20(21)26-16)28-11-9-17(10-12-28)14-29-15-25-22-13-18(31-2)7-8-19(22)24(29)30/h3-8,13,15,17H,9-12,14H2,1-2H3. The number of fused-ring (bicyclic) bond motifs is 2. The molecular weight excluding hydrogens is 390 g/mol. The molecule has 0 atom stereocenters. The number of methoxy groups -OCH3 is 1. The second-order valence-corrected chi connectivity index (χ2v) is 8.14. The maximum absolute atomic E-state index is 12.9. The Hall–Kier alpha value is -3.48. The molecule has 0 bridgehead atoms. The van der Waals surface area contributed by atoms with E-state index >= 15 is 0 Å². The molecule has 0 saturated carbocycles. The molecule has 1 saturated heterocycles. The molecule has 5 rings (SSSR count). The number of hydrogen-bond acceptors (Lipinski definition) is 6. The first-order valence-electron chi connectivity index (χ1n) is 10.6. The minimum absolute atomic E-state index is 0.00585. The van der Waals surface area contributed by atoms with Crippen molar-refractivity contribution in [3.05, 3.63) is 64.8 Å². The molecular formula is C24H25N5O2. The molecule has 31 heavy (non-hydrogen) atoms. The SMILES string of the molecule is COc1ccc2c(=O)n(CC3CCN(c4nc5ccccc5nc4C)CC3)cnc2c1. The maximum Gasteiger partial charge on any atom is 0.261 e. The summed E-state index contributed by atoms with van der Waals surface area (Å²) in [4.78, 5) is 29.3. The first-order valence-corrected chi connectivity index (χ1v) is 10.6. The van der Waals surface area contributed by atoms with E-state index in [1.807, 2.05) is 31.2 Å². The van der Waals surface area contributed by atoms with E-state index in [1.165, 1.54) is 0 Å². The largest absolute Gasteiger partial charge is 0.497 e. The highest BCUT2D eigenvalue weighted by Gasteiger charge is 2.23. The second kappa shape index (κ2) is 7.98. The lowest BCUT2D eigenvalue weighted by atomic mass is 9.96. The number of anilines is 1. The van der Waals surface area contributed by atoms with Crippen LogP contribution in [-0.4, -0.2) is 39.7 Å². The molecule has 0 aliphatic carbocycles. The lowest BCUT2D eigenvalue weighted by molar-refractivity contribution is 0.351. The monoisotopic (exact) mass is 415 g/mol. The van der Waals surface area contributed by atoms with Gasteiger partial charge in [0.25, 0.3) is 5.56 Å². The van der Waals surface area contributed by atoms with Crippen LogP contribution in [0.2, 0.25) is 0 Å². The smallest absolute Gasteiger partial charge is 0.261 e. The number of aromatic nitrogens is 4. The van der Waals surface area contributed by atoms with Gasteiger partial charge in [-0.1, -0.05) is 12.1 Å². The van der Waals surface area contributed by atoms with Crippen molar-refractivity contribution >= 4 is 27.8 Å². The molecule has 0 amide bonds. The molecule has 0 unspecified atom stereocenters. The summed E-state index contributed by atoms with van der Waals surface area (Å²) < 4.78 is 6.98. The van der Waals surface area contributed by atoms with Crippen molar-refractivity contribution in [2.45, 2.75) is 26.3 Å². The molecule has 1 aliphatic rings. The third-order valence-corrected chi connectivity index (χ3v) is 6.12. The molecule has 0 N–H and O–H groups in total. The number of piperidine rings is 1. The Morgan fingerprint density at radius 1 is 1.03 bits per heavy atom. The third-order valence-electron chi connectivity index (χ3n) is 6.12. The van der Waals surface area contributed by atoms with Gasteiger partial charge in [-0.25, -0.2) is 15.0 Å². The molecule has 7 heteroatoms. The van der Waals surface area contributed by atoms with Crippen LogP contribution in [0.1, 0.15) is 18.5 Å². The van der Waals surface area contributed by atoms with E-state index in [9.17, 15) is 4.79 Å². The van der Waals surface area contributed by atoms with Crippen LogP contribution in [-0.2, 0) is 6.54 Å². The van der Waals surface area contributed by atoms with Gasteiger partial charge in [0.1, 0.15) is 5.75 Å². The number of para-hydroxylation sites is 2. The Kier molecular flexibility index (Phi) is 5.02. The Bertz CT molecular complexity index is 1310.